The minimum atomic E-state index is -0.576. The van der Waals surface area contributed by atoms with Crippen molar-refractivity contribution >= 4 is 27.5 Å². The standard InChI is InChI=1S/C20H24BrNO2/c1-6-16-9-7-8-12(2)18(16)22-20(23)15(5)24-19-13(3)10-17(21)11-14(19)4/h7-11,15H,6H2,1-5H3,(H,22,23). The number of anilines is 1. The first-order valence-electron chi connectivity index (χ1n) is 8.16. The molecular formula is C20H24BrNO2. The van der Waals surface area contributed by atoms with Crippen LogP contribution in [0, 0.1) is 20.8 Å². The third kappa shape index (κ3) is 4.18. The molecule has 0 saturated carbocycles. The average Bonchev–Trinajstić information content (AvgIpc) is 2.52. The minimum absolute atomic E-state index is 0.138. The van der Waals surface area contributed by atoms with Crippen LogP contribution < -0.4 is 10.1 Å². The second kappa shape index (κ2) is 7.84. The predicted molar refractivity (Wildman–Crippen MR) is 103 cm³/mol. The molecule has 1 N–H and O–H groups in total. The molecule has 0 aliphatic carbocycles. The third-order valence-corrected chi connectivity index (χ3v) is 4.53. The Bertz CT molecular complexity index is 732. The van der Waals surface area contributed by atoms with Crippen LogP contribution in [0.4, 0.5) is 5.69 Å². The summed E-state index contributed by atoms with van der Waals surface area (Å²) in [7, 11) is 0. The average molecular weight is 390 g/mol. The van der Waals surface area contributed by atoms with E-state index in [0.717, 1.165) is 44.6 Å². The van der Waals surface area contributed by atoms with Gasteiger partial charge >= 0.3 is 0 Å². The van der Waals surface area contributed by atoms with Gasteiger partial charge in [0.1, 0.15) is 5.75 Å². The van der Waals surface area contributed by atoms with Gasteiger partial charge in [-0.15, -0.1) is 0 Å². The van der Waals surface area contributed by atoms with Gasteiger partial charge in [0.05, 0.1) is 0 Å². The monoisotopic (exact) mass is 389 g/mol. The molecule has 2 rings (SSSR count). The van der Waals surface area contributed by atoms with Crippen LogP contribution in [0.15, 0.2) is 34.8 Å². The summed E-state index contributed by atoms with van der Waals surface area (Å²) in [5.41, 5.74) is 5.10. The maximum absolute atomic E-state index is 12.6. The Labute approximate surface area is 152 Å². The number of nitrogens with one attached hydrogen (secondary N) is 1. The maximum atomic E-state index is 12.6. The summed E-state index contributed by atoms with van der Waals surface area (Å²) in [4.78, 5) is 12.6. The van der Waals surface area contributed by atoms with Crippen molar-refractivity contribution in [3.8, 4) is 5.75 Å². The van der Waals surface area contributed by atoms with Crippen LogP contribution in [0.1, 0.15) is 36.1 Å². The van der Waals surface area contributed by atoms with E-state index >= 15 is 0 Å². The number of para-hydroxylation sites is 1. The number of carbonyl (C=O) groups excluding carboxylic acids is 1. The Morgan fingerprint density at radius 3 is 2.38 bits per heavy atom. The smallest absolute Gasteiger partial charge is 0.265 e. The fourth-order valence-electron chi connectivity index (χ4n) is 2.74. The Morgan fingerprint density at radius 2 is 1.79 bits per heavy atom. The van der Waals surface area contributed by atoms with E-state index in [4.69, 9.17) is 4.74 Å². The highest BCUT2D eigenvalue weighted by atomic mass is 79.9. The molecule has 0 fully saturated rings. The number of hydrogen-bond acceptors (Lipinski definition) is 2. The van der Waals surface area contributed by atoms with Gasteiger partial charge in [0.25, 0.3) is 5.91 Å². The zero-order valence-corrected chi connectivity index (χ0v) is 16.5. The largest absolute Gasteiger partial charge is 0.480 e. The summed E-state index contributed by atoms with van der Waals surface area (Å²) in [6.45, 7) is 9.82. The van der Waals surface area contributed by atoms with E-state index < -0.39 is 6.10 Å². The van der Waals surface area contributed by atoms with Gasteiger partial charge in [-0.05, 0) is 68.5 Å². The van der Waals surface area contributed by atoms with Gasteiger partial charge in [0, 0.05) is 10.2 Å². The Morgan fingerprint density at radius 1 is 1.17 bits per heavy atom. The van der Waals surface area contributed by atoms with E-state index in [-0.39, 0.29) is 5.91 Å². The first-order valence-corrected chi connectivity index (χ1v) is 8.95. The van der Waals surface area contributed by atoms with Crippen molar-refractivity contribution in [1.82, 2.24) is 0 Å². The third-order valence-electron chi connectivity index (χ3n) is 4.08. The molecule has 0 saturated heterocycles. The molecule has 3 nitrogen and oxygen atoms in total. The van der Waals surface area contributed by atoms with Crippen molar-refractivity contribution in [2.75, 3.05) is 5.32 Å². The second-order valence-electron chi connectivity index (χ2n) is 6.08. The summed E-state index contributed by atoms with van der Waals surface area (Å²) in [5, 5.41) is 3.03. The zero-order valence-electron chi connectivity index (χ0n) is 14.9. The van der Waals surface area contributed by atoms with Gasteiger partial charge in [-0.1, -0.05) is 41.1 Å². The number of carbonyl (C=O) groups is 1. The lowest BCUT2D eigenvalue weighted by Crippen LogP contribution is -2.31. The van der Waals surface area contributed by atoms with Crippen molar-refractivity contribution in [2.45, 2.75) is 47.1 Å². The van der Waals surface area contributed by atoms with Crippen LogP contribution in [-0.4, -0.2) is 12.0 Å². The number of halogens is 1. The number of hydrogen-bond donors (Lipinski definition) is 1. The van der Waals surface area contributed by atoms with Crippen molar-refractivity contribution in [3.05, 3.63) is 57.1 Å². The van der Waals surface area contributed by atoms with E-state index in [1.54, 1.807) is 6.92 Å². The van der Waals surface area contributed by atoms with Crippen LogP contribution in [-0.2, 0) is 11.2 Å². The predicted octanol–water partition coefficient (Wildman–Crippen LogP) is 5.34. The number of rotatable bonds is 5. The first kappa shape index (κ1) is 18.5. The summed E-state index contributed by atoms with van der Waals surface area (Å²) < 4.78 is 6.95. The number of amides is 1. The fourth-order valence-corrected chi connectivity index (χ4v) is 3.43. The highest BCUT2D eigenvalue weighted by molar-refractivity contribution is 9.10. The SMILES string of the molecule is CCc1cccc(C)c1NC(=O)C(C)Oc1c(C)cc(Br)cc1C. The van der Waals surface area contributed by atoms with Crippen LogP contribution in [0.2, 0.25) is 0 Å². The fraction of sp³-hybridized carbons (Fsp3) is 0.350. The topological polar surface area (TPSA) is 38.3 Å². The van der Waals surface area contributed by atoms with Gasteiger partial charge in [0.2, 0.25) is 0 Å². The number of benzene rings is 2. The lowest BCUT2D eigenvalue weighted by molar-refractivity contribution is -0.122. The molecule has 1 unspecified atom stereocenters. The molecular weight excluding hydrogens is 366 g/mol. The molecule has 1 atom stereocenters. The summed E-state index contributed by atoms with van der Waals surface area (Å²) in [6.07, 6.45) is 0.296. The molecule has 2 aromatic carbocycles. The highest BCUT2D eigenvalue weighted by Crippen LogP contribution is 2.28. The number of ether oxygens (including phenoxy) is 1. The molecule has 0 spiro atoms. The molecule has 4 heteroatoms. The van der Waals surface area contributed by atoms with E-state index in [1.165, 1.54) is 0 Å². The van der Waals surface area contributed by atoms with E-state index in [2.05, 4.69) is 28.2 Å². The second-order valence-corrected chi connectivity index (χ2v) is 7.00. The lowest BCUT2D eigenvalue weighted by Gasteiger charge is -2.20. The summed E-state index contributed by atoms with van der Waals surface area (Å²) >= 11 is 3.48. The summed E-state index contributed by atoms with van der Waals surface area (Å²) in [5.74, 6) is 0.627. The van der Waals surface area contributed by atoms with E-state index in [0.29, 0.717) is 0 Å². The normalized spacial score (nSPS) is 11.9. The van der Waals surface area contributed by atoms with Gasteiger partial charge < -0.3 is 10.1 Å². The molecule has 0 bridgehead atoms. The molecule has 0 heterocycles. The lowest BCUT2D eigenvalue weighted by atomic mass is 10.1. The molecule has 2 aromatic rings. The molecule has 0 aliphatic rings. The van der Waals surface area contributed by atoms with E-state index in [9.17, 15) is 4.79 Å². The van der Waals surface area contributed by atoms with Crippen LogP contribution >= 0.6 is 15.9 Å². The van der Waals surface area contributed by atoms with Crippen LogP contribution in [0.3, 0.4) is 0 Å². The Hall–Kier alpha value is -1.81. The molecule has 0 aromatic heterocycles. The minimum Gasteiger partial charge on any atom is -0.480 e. The highest BCUT2D eigenvalue weighted by Gasteiger charge is 2.19. The van der Waals surface area contributed by atoms with Gasteiger partial charge in [-0.2, -0.15) is 0 Å². The van der Waals surface area contributed by atoms with Crippen molar-refractivity contribution in [3.63, 3.8) is 0 Å². The molecule has 1 amide bonds. The molecule has 24 heavy (non-hydrogen) atoms. The van der Waals surface area contributed by atoms with E-state index in [1.807, 2.05) is 51.1 Å². The van der Waals surface area contributed by atoms with Crippen LogP contribution in [0.25, 0.3) is 0 Å². The Balaban J connectivity index is 2.17. The van der Waals surface area contributed by atoms with Crippen LogP contribution in [0.5, 0.6) is 5.75 Å². The Kier molecular flexibility index (Phi) is 6.05. The first-order chi connectivity index (χ1) is 11.3. The van der Waals surface area contributed by atoms with Gasteiger partial charge in [-0.3, -0.25) is 4.79 Å². The zero-order chi connectivity index (χ0) is 17.9. The molecule has 0 radical (unpaired) electrons. The molecule has 0 aliphatic heterocycles. The van der Waals surface area contributed by atoms with Crippen molar-refractivity contribution in [1.29, 1.82) is 0 Å². The molecule has 128 valence electrons. The van der Waals surface area contributed by atoms with Crippen molar-refractivity contribution in [2.24, 2.45) is 0 Å². The quantitative estimate of drug-likeness (QED) is 0.748. The summed E-state index contributed by atoms with van der Waals surface area (Å²) in [6, 6.07) is 10.0. The van der Waals surface area contributed by atoms with Gasteiger partial charge in [0.15, 0.2) is 6.10 Å². The number of aryl methyl sites for hydroxylation is 4. The maximum Gasteiger partial charge on any atom is 0.265 e. The van der Waals surface area contributed by atoms with Gasteiger partial charge in [-0.25, -0.2) is 0 Å². The van der Waals surface area contributed by atoms with Crippen molar-refractivity contribution < 1.29 is 9.53 Å².